The van der Waals surface area contributed by atoms with Gasteiger partial charge in [-0.1, -0.05) is 35.0 Å². The van der Waals surface area contributed by atoms with Crippen LogP contribution in [0.25, 0.3) is 0 Å². The number of nitrogens with two attached hydrogens (primary N) is 1. The summed E-state index contributed by atoms with van der Waals surface area (Å²) in [7, 11) is 0. The summed E-state index contributed by atoms with van der Waals surface area (Å²) in [5.74, 6) is 0. The SMILES string of the molecule is NCc1nnn(Cc2cccc(Cl)c2)c1Cc1cccs1. The summed E-state index contributed by atoms with van der Waals surface area (Å²) in [6.45, 7) is 1.05. The molecule has 0 saturated heterocycles. The molecule has 2 N–H and O–H groups in total. The van der Waals surface area contributed by atoms with Crippen molar-refractivity contribution in [3.05, 3.63) is 68.6 Å². The second-order valence-corrected chi connectivity index (χ2v) is 6.20. The van der Waals surface area contributed by atoms with E-state index in [1.54, 1.807) is 11.3 Å². The molecule has 0 atom stereocenters. The van der Waals surface area contributed by atoms with Crippen molar-refractivity contribution in [2.45, 2.75) is 19.5 Å². The number of nitrogens with zero attached hydrogens (tertiary/aromatic N) is 3. The number of halogens is 1. The summed E-state index contributed by atoms with van der Waals surface area (Å²) < 4.78 is 1.91. The molecule has 3 aromatic rings. The molecule has 1 aromatic carbocycles. The van der Waals surface area contributed by atoms with E-state index in [-0.39, 0.29) is 0 Å². The molecule has 0 amide bonds. The van der Waals surface area contributed by atoms with Crippen LogP contribution in [-0.4, -0.2) is 15.0 Å². The highest BCUT2D eigenvalue weighted by Crippen LogP contribution is 2.18. The number of benzene rings is 1. The Bertz CT molecular complexity index is 721. The van der Waals surface area contributed by atoms with E-state index >= 15 is 0 Å². The molecule has 2 heterocycles. The second kappa shape index (κ2) is 6.39. The molecule has 0 spiro atoms. The van der Waals surface area contributed by atoms with E-state index in [4.69, 9.17) is 17.3 Å². The number of hydrogen-bond acceptors (Lipinski definition) is 4. The van der Waals surface area contributed by atoms with Crippen molar-refractivity contribution < 1.29 is 0 Å². The van der Waals surface area contributed by atoms with Gasteiger partial charge in [0.2, 0.25) is 0 Å². The molecule has 0 aliphatic carbocycles. The molecular weight excluding hydrogens is 304 g/mol. The smallest absolute Gasteiger partial charge is 0.0998 e. The van der Waals surface area contributed by atoms with Crippen molar-refractivity contribution >= 4 is 22.9 Å². The lowest BCUT2D eigenvalue weighted by molar-refractivity contribution is 0.626. The van der Waals surface area contributed by atoms with Crippen LogP contribution >= 0.6 is 22.9 Å². The van der Waals surface area contributed by atoms with Gasteiger partial charge in [-0.25, -0.2) is 4.68 Å². The molecule has 2 aromatic heterocycles. The Morgan fingerprint density at radius 3 is 2.86 bits per heavy atom. The Kier molecular flexibility index (Phi) is 4.34. The van der Waals surface area contributed by atoms with E-state index in [0.29, 0.717) is 13.1 Å². The fourth-order valence-electron chi connectivity index (χ4n) is 2.23. The lowest BCUT2D eigenvalue weighted by Gasteiger charge is -2.07. The molecule has 21 heavy (non-hydrogen) atoms. The van der Waals surface area contributed by atoms with E-state index in [2.05, 4.69) is 21.8 Å². The molecule has 3 rings (SSSR count). The highest BCUT2D eigenvalue weighted by atomic mass is 35.5. The van der Waals surface area contributed by atoms with E-state index in [1.807, 2.05) is 35.0 Å². The van der Waals surface area contributed by atoms with Crippen LogP contribution in [-0.2, 0) is 19.5 Å². The zero-order valence-electron chi connectivity index (χ0n) is 11.4. The maximum Gasteiger partial charge on any atom is 0.0998 e. The lowest BCUT2D eigenvalue weighted by Crippen LogP contribution is -2.09. The van der Waals surface area contributed by atoms with Crippen LogP contribution in [0.2, 0.25) is 5.02 Å². The Morgan fingerprint density at radius 1 is 1.24 bits per heavy atom. The van der Waals surface area contributed by atoms with Crippen LogP contribution in [0.1, 0.15) is 21.8 Å². The fraction of sp³-hybridized carbons (Fsp3) is 0.200. The first-order valence-electron chi connectivity index (χ1n) is 6.64. The van der Waals surface area contributed by atoms with Gasteiger partial charge < -0.3 is 5.73 Å². The first-order valence-corrected chi connectivity index (χ1v) is 7.90. The summed E-state index contributed by atoms with van der Waals surface area (Å²) >= 11 is 7.76. The minimum absolute atomic E-state index is 0.399. The van der Waals surface area contributed by atoms with Crippen LogP contribution in [0.5, 0.6) is 0 Å². The largest absolute Gasteiger partial charge is 0.325 e. The van der Waals surface area contributed by atoms with Gasteiger partial charge in [0, 0.05) is 22.9 Å². The molecule has 0 unspecified atom stereocenters. The first kappa shape index (κ1) is 14.3. The van der Waals surface area contributed by atoms with Crippen molar-refractivity contribution in [2.75, 3.05) is 0 Å². The summed E-state index contributed by atoms with van der Waals surface area (Å²) in [6, 6.07) is 11.9. The summed E-state index contributed by atoms with van der Waals surface area (Å²) in [4.78, 5) is 1.28. The van der Waals surface area contributed by atoms with Crippen LogP contribution < -0.4 is 5.73 Å². The van der Waals surface area contributed by atoms with Gasteiger partial charge in [0.15, 0.2) is 0 Å². The van der Waals surface area contributed by atoms with Crippen molar-refractivity contribution in [1.82, 2.24) is 15.0 Å². The average Bonchev–Trinajstić information content (AvgIpc) is 3.10. The predicted octanol–water partition coefficient (Wildman–Crippen LogP) is 3.09. The monoisotopic (exact) mass is 318 g/mol. The van der Waals surface area contributed by atoms with Crippen LogP contribution in [0.15, 0.2) is 41.8 Å². The zero-order valence-corrected chi connectivity index (χ0v) is 12.9. The Labute approximate surface area is 132 Å². The van der Waals surface area contributed by atoms with Crippen LogP contribution in [0.4, 0.5) is 0 Å². The Morgan fingerprint density at radius 2 is 2.14 bits per heavy atom. The lowest BCUT2D eigenvalue weighted by atomic mass is 10.2. The van der Waals surface area contributed by atoms with Gasteiger partial charge in [0.05, 0.1) is 17.9 Å². The van der Waals surface area contributed by atoms with E-state index in [1.165, 1.54) is 4.88 Å². The third-order valence-electron chi connectivity index (χ3n) is 3.25. The minimum atomic E-state index is 0.399. The fourth-order valence-corrected chi connectivity index (χ4v) is 3.16. The van der Waals surface area contributed by atoms with Crippen LogP contribution in [0, 0.1) is 0 Å². The molecule has 0 bridgehead atoms. The van der Waals surface area contributed by atoms with Crippen molar-refractivity contribution in [1.29, 1.82) is 0 Å². The minimum Gasteiger partial charge on any atom is -0.325 e. The van der Waals surface area contributed by atoms with Gasteiger partial charge >= 0.3 is 0 Å². The van der Waals surface area contributed by atoms with Gasteiger partial charge in [-0.05, 0) is 29.1 Å². The third kappa shape index (κ3) is 3.32. The molecule has 0 radical (unpaired) electrons. The Balaban J connectivity index is 1.89. The van der Waals surface area contributed by atoms with E-state index in [0.717, 1.165) is 28.4 Å². The van der Waals surface area contributed by atoms with Crippen molar-refractivity contribution in [3.63, 3.8) is 0 Å². The Hall–Kier alpha value is -1.69. The summed E-state index contributed by atoms with van der Waals surface area (Å²) in [6.07, 6.45) is 0.803. The maximum absolute atomic E-state index is 6.03. The number of rotatable bonds is 5. The predicted molar refractivity (Wildman–Crippen MR) is 85.6 cm³/mol. The molecule has 0 saturated carbocycles. The molecular formula is C15H15ClN4S. The number of thiophene rings is 1. The van der Waals surface area contributed by atoms with E-state index < -0.39 is 0 Å². The molecule has 6 heteroatoms. The van der Waals surface area contributed by atoms with Crippen molar-refractivity contribution in [2.24, 2.45) is 5.73 Å². The van der Waals surface area contributed by atoms with Gasteiger partial charge in [0.1, 0.15) is 0 Å². The quantitative estimate of drug-likeness (QED) is 0.786. The first-order chi connectivity index (χ1) is 10.3. The van der Waals surface area contributed by atoms with Crippen molar-refractivity contribution in [3.8, 4) is 0 Å². The zero-order chi connectivity index (χ0) is 14.7. The van der Waals surface area contributed by atoms with Crippen LogP contribution in [0.3, 0.4) is 0 Å². The molecule has 108 valence electrons. The van der Waals surface area contributed by atoms with Gasteiger partial charge in [-0.15, -0.1) is 16.4 Å². The topological polar surface area (TPSA) is 56.7 Å². The molecule has 4 nitrogen and oxygen atoms in total. The normalized spacial score (nSPS) is 11.0. The standard InChI is InChI=1S/C15H15ClN4S/c16-12-4-1-3-11(7-12)10-20-15(14(9-17)18-19-20)8-13-5-2-6-21-13/h1-7H,8-10,17H2. The van der Waals surface area contributed by atoms with Gasteiger partial charge in [-0.3, -0.25) is 0 Å². The molecule has 0 fully saturated rings. The van der Waals surface area contributed by atoms with Gasteiger partial charge in [-0.2, -0.15) is 0 Å². The van der Waals surface area contributed by atoms with Gasteiger partial charge in [0.25, 0.3) is 0 Å². The third-order valence-corrected chi connectivity index (χ3v) is 4.37. The highest BCUT2D eigenvalue weighted by Gasteiger charge is 2.13. The molecule has 0 aliphatic rings. The number of hydrogen-bond donors (Lipinski definition) is 1. The average molecular weight is 319 g/mol. The maximum atomic E-state index is 6.03. The number of aromatic nitrogens is 3. The second-order valence-electron chi connectivity index (χ2n) is 4.73. The molecule has 0 aliphatic heterocycles. The summed E-state index contributed by atoms with van der Waals surface area (Å²) in [5.41, 5.74) is 8.80. The highest BCUT2D eigenvalue weighted by molar-refractivity contribution is 7.09. The summed E-state index contributed by atoms with van der Waals surface area (Å²) in [5, 5.41) is 11.2. The van der Waals surface area contributed by atoms with E-state index in [9.17, 15) is 0 Å².